The van der Waals surface area contributed by atoms with E-state index < -0.39 is 10.8 Å². The van der Waals surface area contributed by atoms with E-state index in [1.807, 2.05) is 0 Å². The quantitative estimate of drug-likeness (QED) is 0.503. The summed E-state index contributed by atoms with van der Waals surface area (Å²) in [7, 11) is 0. The summed E-state index contributed by atoms with van der Waals surface area (Å²) in [4.78, 5) is 24.8. The van der Waals surface area contributed by atoms with Gasteiger partial charge in [0.05, 0.1) is 0 Å². The molecule has 4 rings (SSSR count). The van der Waals surface area contributed by atoms with Crippen molar-refractivity contribution in [2.75, 3.05) is 0 Å². The van der Waals surface area contributed by atoms with E-state index in [1.54, 1.807) is 0 Å². The monoisotopic (exact) mass is 400 g/mol. The number of hydrogen-bond donors (Lipinski definition) is 0. The van der Waals surface area contributed by atoms with E-state index in [1.165, 1.54) is 22.3 Å². The van der Waals surface area contributed by atoms with Gasteiger partial charge in [-0.15, -0.1) is 0 Å². The van der Waals surface area contributed by atoms with Gasteiger partial charge in [0.25, 0.3) is 0 Å². The average molecular weight is 401 g/mol. The molecule has 0 fully saturated rings. The lowest BCUT2D eigenvalue weighted by Gasteiger charge is -2.58. The number of carbonyl (C=O) groups is 2. The molecule has 0 heterocycles. The van der Waals surface area contributed by atoms with Crippen LogP contribution in [0, 0.1) is 21.7 Å². The molecule has 0 aromatic heterocycles. The summed E-state index contributed by atoms with van der Waals surface area (Å²) in [5.74, 6) is 0. The molecule has 0 aromatic carbocycles. The maximum Gasteiger partial charge on any atom is 0.151 e. The lowest BCUT2D eigenvalue weighted by molar-refractivity contribution is -0.107. The molecule has 0 spiro atoms. The van der Waals surface area contributed by atoms with Crippen molar-refractivity contribution in [3.05, 3.63) is 81.0 Å². The Morgan fingerprint density at radius 1 is 0.633 bits per heavy atom. The zero-order valence-corrected chi connectivity index (χ0v) is 19.4. The van der Waals surface area contributed by atoms with Crippen LogP contribution in [0.15, 0.2) is 81.0 Å². The van der Waals surface area contributed by atoms with Crippen LogP contribution in [0.25, 0.3) is 0 Å². The maximum atomic E-state index is 12.4. The third-order valence-corrected chi connectivity index (χ3v) is 7.73. The largest absolute Gasteiger partial charge is 0.298 e. The molecule has 0 bridgehead atoms. The van der Waals surface area contributed by atoms with Crippen molar-refractivity contribution >= 4 is 12.6 Å². The van der Waals surface area contributed by atoms with Crippen molar-refractivity contribution in [2.24, 2.45) is 21.7 Å². The van der Waals surface area contributed by atoms with E-state index in [0.717, 1.165) is 23.7 Å². The molecule has 4 aliphatic carbocycles. The summed E-state index contributed by atoms with van der Waals surface area (Å²) >= 11 is 0. The second kappa shape index (κ2) is 6.03. The first kappa shape index (κ1) is 20.8. The minimum absolute atomic E-state index is 0.0581. The van der Waals surface area contributed by atoms with E-state index in [9.17, 15) is 9.59 Å². The van der Waals surface area contributed by atoms with Crippen molar-refractivity contribution in [1.82, 2.24) is 0 Å². The first-order valence-electron chi connectivity index (χ1n) is 10.8. The molecule has 2 nitrogen and oxygen atoms in total. The Morgan fingerprint density at radius 2 is 0.967 bits per heavy atom. The van der Waals surface area contributed by atoms with Gasteiger partial charge in [-0.3, -0.25) is 9.59 Å². The van der Waals surface area contributed by atoms with Crippen LogP contribution in [0.2, 0.25) is 0 Å². The minimum Gasteiger partial charge on any atom is -0.298 e. The summed E-state index contributed by atoms with van der Waals surface area (Å²) in [5, 5.41) is 0. The van der Waals surface area contributed by atoms with Crippen molar-refractivity contribution in [3.8, 4) is 0 Å². The van der Waals surface area contributed by atoms with Gasteiger partial charge in [0.15, 0.2) is 12.6 Å². The second-order valence-corrected chi connectivity index (χ2v) is 11.4. The Labute approximate surface area is 180 Å². The molecule has 0 unspecified atom stereocenters. The van der Waals surface area contributed by atoms with E-state index >= 15 is 0 Å². The van der Waals surface area contributed by atoms with Crippen molar-refractivity contribution in [3.63, 3.8) is 0 Å². The van der Waals surface area contributed by atoms with Gasteiger partial charge >= 0.3 is 0 Å². The van der Waals surface area contributed by atoms with E-state index in [-0.39, 0.29) is 10.8 Å². The fourth-order valence-corrected chi connectivity index (χ4v) is 5.45. The summed E-state index contributed by atoms with van der Waals surface area (Å²) < 4.78 is 0. The van der Waals surface area contributed by atoms with Crippen LogP contribution in [-0.2, 0) is 9.59 Å². The maximum absolute atomic E-state index is 12.4. The summed E-state index contributed by atoms with van der Waals surface area (Å²) in [5.41, 5.74) is 6.86. The van der Waals surface area contributed by atoms with Crippen LogP contribution in [-0.4, -0.2) is 12.6 Å². The summed E-state index contributed by atoms with van der Waals surface area (Å²) in [6.07, 6.45) is 15.1. The predicted molar refractivity (Wildman–Crippen MR) is 123 cm³/mol. The Balaban J connectivity index is 2.19. The number of allylic oxidation sites excluding steroid dienone is 14. The SMILES string of the molecule is CC(C)(C)C1=CC2=C(C=O)C(C=O)=C3C=C(C(C)(C)C)C=C4C=CC(=C1)[C@@]2(C)[C@]43C. The third-order valence-electron chi connectivity index (χ3n) is 7.73. The summed E-state index contributed by atoms with van der Waals surface area (Å²) in [6.45, 7) is 17.6. The van der Waals surface area contributed by atoms with Gasteiger partial charge in [-0.05, 0) is 44.3 Å². The zero-order valence-electron chi connectivity index (χ0n) is 19.4. The predicted octanol–water partition coefficient (Wildman–Crippen LogP) is 6.40. The molecule has 30 heavy (non-hydrogen) atoms. The molecule has 2 heteroatoms. The smallest absolute Gasteiger partial charge is 0.151 e. The fourth-order valence-electron chi connectivity index (χ4n) is 5.45. The lowest BCUT2D eigenvalue weighted by Crippen LogP contribution is -2.50. The molecule has 0 aliphatic heterocycles. The highest BCUT2D eigenvalue weighted by atomic mass is 16.1. The molecule has 0 saturated carbocycles. The van der Waals surface area contributed by atoms with E-state index in [2.05, 4.69) is 91.8 Å². The third kappa shape index (κ3) is 2.43. The number of hydrogen-bond acceptors (Lipinski definition) is 2. The van der Waals surface area contributed by atoms with Gasteiger partial charge < -0.3 is 0 Å². The highest BCUT2D eigenvalue weighted by Crippen LogP contribution is 2.68. The first-order chi connectivity index (χ1) is 13.8. The highest BCUT2D eigenvalue weighted by Gasteiger charge is 2.59. The van der Waals surface area contributed by atoms with Crippen LogP contribution in [0.3, 0.4) is 0 Å². The van der Waals surface area contributed by atoms with Gasteiger partial charge in [-0.2, -0.15) is 0 Å². The standard InChI is InChI=1S/C28H32O2/c1-25(2,3)19-11-17-9-10-18-12-20(26(4,5)6)14-24-22(16-30)21(15-29)23(13-19)27(17,7)28(18,24)8/h9-16H,1-8H3/t27-,28-/m1/s1. The molecule has 0 radical (unpaired) electrons. The van der Waals surface area contributed by atoms with Crippen LogP contribution in [0.4, 0.5) is 0 Å². The first-order valence-corrected chi connectivity index (χ1v) is 10.8. The van der Waals surface area contributed by atoms with Crippen LogP contribution in [0.5, 0.6) is 0 Å². The van der Waals surface area contributed by atoms with Crippen molar-refractivity contribution in [2.45, 2.75) is 55.4 Å². The van der Waals surface area contributed by atoms with Gasteiger partial charge in [0.2, 0.25) is 0 Å². The normalized spacial score (nSPS) is 30.3. The minimum atomic E-state index is -0.402. The van der Waals surface area contributed by atoms with Crippen LogP contribution < -0.4 is 0 Å². The number of carbonyl (C=O) groups excluding carboxylic acids is 2. The molecule has 0 N–H and O–H groups in total. The van der Waals surface area contributed by atoms with Gasteiger partial charge in [0.1, 0.15) is 0 Å². The zero-order chi connectivity index (χ0) is 22.3. The molecular formula is C28H32O2. The van der Waals surface area contributed by atoms with Crippen molar-refractivity contribution in [1.29, 1.82) is 0 Å². The van der Waals surface area contributed by atoms with Crippen molar-refractivity contribution < 1.29 is 9.59 Å². The molecular weight excluding hydrogens is 368 g/mol. The molecule has 0 aromatic rings. The number of rotatable bonds is 2. The molecule has 156 valence electrons. The Morgan fingerprint density at radius 3 is 1.23 bits per heavy atom. The lowest BCUT2D eigenvalue weighted by atomic mass is 9.44. The molecule has 0 amide bonds. The van der Waals surface area contributed by atoms with Gasteiger partial charge in [0, 0.05) is 22.0 Å². The van der Waals surface area contributed by atoms with Gasteiger partial charge in [-0.1, -0.05) is 91.8 Å². The fraction of sp³-hybridized carbons (Fsp3) is 0.429. The molecule has 2 atom stereocenters. The number of aldehydes is 2. The topological polar surface area (TPSA) is 34.1 Å². The Bertz CT molecular complexity index is 1010. The molecule has 4 aliphatic rings. The Kier molecular flexibility index (Phi) is 4.18. The van der Waals surface area contributed by atoms with Crippen LogP contribution >= 0.6 is 0 Å². The highest BCUT2D eigenvalue weighted by molar-refractivity contribution is 6.00. The van der Waals surface area contributed by atoms with E-state index in [0.29, 0.717) is 11.1 Å². The van der Waals surface area contributed by atoms with Gasteiger partial charge in [-0.25, -0.2) is 0 Å². The summed E-state index contributed by atoms with van der Waals surface area (Å²) in [6, 6.07) is 0. The van der Waals surface area contributed by atoms with Crippen LogP contribution in [0.1, 0.15) is 55.4 Å². The second-order valence-electron chi connectivity index (χ2n) is 11.4. The van der Waals surface area contributed by atoms with E-state index in [4.69, 9.17) is 0 Å². The average Bonchev–Trinajstić information content (AvgIpc) is 2.63. The Hall–Kier alpha value is -2.48. The molecule has 0 saturated heterocycles.